The van der Waals surface area contributed by atoms with Crippen molar-refractivity contribution in [1.82, 2.24) is 9.55 Å². The third-order valence-corrected chi connectivity index (χ3v) is 8.17. The standard InChI is InChI=1S/C31H29F3N2O2S/c1-5-18-9-7-10-19(6-2)27(18)36-25-15-30(3,4)16-26(37)22(25)14-23(29(36)38)28-35-24(17-39-28)20-11-8-12-21(13-20)31(32,33)34/h7-14,17H,5-6,15-16H2,1-4H3. The minimum absolute atomic E-state index is 0.0297. The normalized spacial score (nSPS) is 14.9. The van der Waals surface area contributed by atoms with Gasteiger partial charge in [-0.25, -0.2) is 4.98 Å². The van der Waals surface area contributed by atoms with Gasteiger partial charge in [-0.3, -0.25) is 14.2 Å². The summed E-state index contributed by atoms with van der Waals surface area (Å²) in [5, 5.41) is 2.02. The van der Waals surface area contributed by atoms with Crippen LogP contribution in [0.1, 0.15) is 66.9 Å². The summed E-state index contributed by atoms with van der Waals surface area (Å²) in [6.45, 7) is 8.14. The Labute approximate surface area is 229 Å². The first-order valence-corrected chi connectivity index (χ1v) is 13.9. The minimum atomic E-state index is -4.47. The van der Waals surface area contributed by atoms with E-state index in [1.165, 1.54) is 17.4 Å². The number of hydrogen-bond acceptors (Lipinski definition) is 4. The number of thiazole rings is 1. The molecule has 1 aliphatic carbocycles. The van der Waals surface area contributed by atoms with Gasteiger partial charge in [-0.05, 0) is 54.0 Å². The smallest absolute Gasteiger partial charge is 0.294 e. The number of fused-ring (bicyclic) bond motifs is 1. The predicted molar refractivity (Wildman–Crippen MR) is 149 cm³/mol. The van der Waals surface area contributed by atoms with Crippen LogP contribution in [0, 0.1) is 5.41 Å². The number of halogens is 3. The predicted octanol–water partition coefficient (Wildman–Crippen LogP) is 7.93. The van der Waals surface area contributed by atoms with Crippen molar-refractivity contribution in [1.29, 1.82) is 0 Å². The molecule has 0 saturated heterocycles. The number of benzene rings is 2. The van der Waals surface area contributed by atoms with Gasteiger partial charge in [0.25, 0.3) is 5.56 Å². The lowest BCUT2D eigenvalue weighted by Gasteiger charge is -2.33. The van der Waals surface area contributed by atoms with Gasteiger partial charge in [0.1, 0.15) is 5.01 Å². The molecule has 0 spiro atoms. The molecule has 0 saturated carbocycles. The number of nitrogens with zero attached hydrogens (tertiary/aromatic N) is 2. The zero-order chi connectivity index (χ0) is 28.1. The summed E-state index contributed by atoms with van der Waals surface area (Å²) in [6, 6.07) is 12.6. The number of alkyl halides is 3. The Bertz CT molecular complexity index is 1620. The molecule has 0 unspecified atom stereocenters. The molecule has 0 atom stereocenters. The van der Waals surface area contributed by atoms with E-state index in [0.29, 0.717) is 53.2 Å². The number of aryl methyl sites for hydroxylation is 2. The van der Waals surface area contributed by atoms with E-state index >= 15 is 0 Å². The molecular weight excluding hydrogens is 521 g/mol. The van der Waals surface area contributed by atoms with Crippen molar-refractivity contribution in [2.45, 2.75) is 59.6 Å². The summed E-state index contributed by atoms with van der Waals surface area (Å²) >= 11 is 1.18. The highest BCUT2D eigenvalue weighted by atomic mass is 32.1. The fraction of sp³-hybridized carbons (Fsp3) is 0.323. The van der Waals surface area contributed by atoms with Gasteiger partial charge in [0.2, 0.25) is 0 Å². The summed E-state index contributed by atoms with van der Waals surface area (Å²) in [5.74, 6) is -0.0297. The van der Waals surface area contributed by atoms with Crippen molar-refractivity contribution < 1.29 is 18.0 Å². The highest BCUT2D eigenvalue weighted by Gasteiger charge is 2.35. The van der Waals surface area contributed by atoms with Gasteiger partial charge in [-0.2, -0.15) is 13.2 Å². The van der Waals surface area contributed by atoms with Crippen LogP contribution in [-0.4, -0.2) is 15.3 Å². The molecular formula is C31H29F3N2O2S. The first-order valence-electron chi connectivity index (χ1n) is 13.0. The minimum Gasteiger partial charge on any atom is -0.294 e. The van der Waals surface area contributed by atoms with Crippen LogP contribution < -0.4 is 5.56 Å². The number of aromatic nitrogens is 2. The maximum atomic E-state index is 14.3. The van der Waals surface area contributed by atoms with Crippen molar-refractivity contribution >= 4 is 17.1 Å². The number of pyridine rings is 1. The first-order chi connectivity index (χ1) is 18.4. The molecule has 39 heavy (non-hydrogen) atoms. The van der Waals surface area contributed by atoms with Crippen LogP contribution >= 0.6 is 11.3 Å². The van der Waals surface area contributed by atoms with E-state index in [-0.39, 0.29) is 22.3 Å². The Balaban J connectivity index is 1.75. The van der Waals surface area contributed by atoms with E-state index in [1.54, 1.807) is 22.1 Å². The second-order valence-corrected chi connectivity index (χ2v) is 11.6. The zero-order valence-corrected chi connectivity index (χ0v) is 23.1. The fourth-order valence-corrected chi connectivity index (χ4v) is 6.23. The summed E-state index contributed by atoms with van der Waals surface area (Å²) < 4.78 is 41.6. The van der Waals surface area contributed by atoms with Crippen molar-refractivity contribution in [3.05, 3.63) is 92.2 Å². The van der Waals surface area contributed by atoms with E-state index in [2.05, 4.69) is 4.98 Å². The number of rotatable bonds is 5. The molecule has 202 valence electrons. The van der Waals surface area contributed by atoms with Crippen LogP contribution in [0.2, 0.25) is 0 Å². The number of para-hydroxylation sites is 1. The number of Topliss-reactive ketones (excluding diaryl/α,β-unsaturated/α-hetero) is 1. The molecule has 0 fully saturated rings. The molecule has 1 aliphatic rings. The molecule has 0 aliphatic heterocycles. The lowest BCUT2D eigenvalue weighted by Crippen LogP contribution is -2.35. The molecule has 0 amide bonds. The van der Waals surface area contributed by atoms with Gasteiger partial charge >= 0.3 is 6.18 Å². The largest absolute Gasteiger partial charge is 0.416 e. The third-order valence-electron chi connectivity index (χ3n) is 7.30. The number of carbonyl (C=O) groups excluding carboxylic acids is 1. The maximum Gasteiger partial charge on any atom is 0.416 e. The molecule has 2 aromatic heterocycles. The van der Waals surface area contributed by atoms with E-state index in [0.717, 1.165) is 28.9 Å². The molecule has 2 heterocycles. The molecule has 2 aromatic carbocycles. The van der Waals surface area contributed by atoms with Gasteiger partial charge in [0.15, 0.2) is 5.78 Å². The molecule has 4 aromatic rings. The van der Waals surface area contributed by atoms with Crippen molar-refractivity contribution in [3.63, 3.8) is 0 Å². The number of carbonyl (C=O) groups is 1. The van der Waals surface area contributed by atoms with Gasteiger partial charge < -0.3 is 0 Å². The molecule has 0 bridgehead atoms. The van der Waals surface area contributed by atoms with Crippen molar-refractivity contribution in [2.75, 3.05) is 0 Å². The Morgan fingerprint density at radius 3 is 2.26 bits per heavy atom. The Kier molecular flexibility index (Phi) is 6.87. The van der Waals surface area contributed by atoms with Crippen LogP contribution in [0.3, 0.4) is 0 Å². The summed E-state index contributed by atoms with van der Waals surface area (Å²) in [4.78, 5) is 32.3. The van der Waals surface area contributed by atoms with Gasteiger partial charge in [-0.1, -0.05) is 58.0 Å². The van der Waals surface area contributed by atoms with Gasteiger partial charge in [0.05, 0.1) is 22.5 Å². The van der Waals surface area contributed by atoms with Crippen LogP contribution in [0.4, 0.5) is 13.2 Å². The van der Waals surface area contributed by atoms with E-state index in [4.69, 9.17) is 0 Å². The quantitative estimate of drug-likeness (QED) is 0.254. The van der Waals surface area contributed by atoms with Crippen LogP contribution in [0.5, 0.6) is 0 Å². The molecule has 0 N–H and O–H groups in total. The summed E-state index contributed by atoms with van der Waals surface area (Å²) in [6.07, 6.45) is -2.12. The SMILES string of the molecule is CCc1cccc(CC)c1-n1c2c(cc(-c3nc(-c4cccc(C(F)(F)F)c4)cs3)c1=O)C(=O)CC(C)(C)C2. The number of hydrogen-bond donors (Lipinski definition) is 0. The van der Waals surface area contributed by atoms with E-state index in [1.807, 2.05) is 45.9 Å². The molecule has 5 rings (SSSR count). The van der Waals surface area contributed by atoms with Crippen LogP contribution in [0.25, 0.3) is 27.5 Å². The summed E-state index contributed by atoms with van der Waals surface area (Å²) in [5.41, 5.74) is 3.64. The highest BCUT2D eigenvalue weighted by molar-refractivity contribution is 7.13. The Morgan fingerprint density at radius 1 is 0.949 bits per heavy atom. The second-order valence-electron chi connectivity index (χ2n) is 10.7. The molecule has 4 nitrogen and oxygen atoms in total. The lowest BCUT2D eigenvalue weighted by atomic mass is 9.75. The molecule has 8 heteroatoms. The highest BCUT2D eigenvalue weighted by Crippen LogP contribution is 2.39. The van der Waals surface area contributed by atoms with Crippen LogP contribution in [0.15, 0.2) is 58.7 Å². The first kappa shape index (κ1) is 27.1. The fourth-order valence-electron chi connectivity index (χ4n) is 5.39. The van der Waals surface area contributed by atoms with Crippen molar-refractivity contribution in [2.24, 2.45) is 5.41 Å². The maximum absolute atomic E-state index is 14.3. The number of ketones is 1. The lowest BCUT2D eigenvalue weighted by molar-refractivity contribution is -0.137. The Hall–Kier alpha value is -3.52. The molecule has 0 radical (unpaired) electrons. The zero-order valence-electron chi connectivity index (χ0n) is 22.3. The Morgan fingerprint density at radius 2 is 1.62 bits per heavy atom. The summed E-state index contributed by atoms with van der Waals surface area (Å²) in [7, 11) is 0. The van der Waals surface area contributed by atoms with Crippen molar-refractivity contribution in [3.8, 4) is 27.5 Å². The average molecular weight is 551 g/mol. The third kappa shape index (κ3) is 4.98. The van der Waals surface area contributed by atoms with E-state index in [9.17, 15) is 22.8 Å². The van der Waals surface area contributed by atoms with Gasteiger partial charge in [0, 0.05) is 28.6 Å². The van der Waals surface area contributed by atoms with E-state index < -0.39 is 11.7 Å². The van der Waals surface area contributed by atoms with Gasteiger partial charge in [-0.15, -0.1) is 11.3 Å². The topological polar surface area (TPSA) is 52.0 Å². The van der Waals surface area contributed by atoms with Crippen LogP contribution in [-0.2, 0) is 25.4 Å². The average Bonchev–Trinajstić information content (AvgIpc) is 3.37. The monoisotopic (exact) mass is 550 g/mol. The second kappa shape index (κ2) is 9.90.